The van der Waals surface area contributed by atoms with Crippen LogP contribution >= 0.6 is 0 Å². The largest absolute Gasteiger partial charge is 0.355 e. The van der Waals surface area contributed by atoms with E-state index >= 15 is 0 Å². The predicted molar refractivity (Wildman–Crippen MR) is 123 cm³/mol. The Balaban J connectivity index is 1.40. The van der Waals surface area contributed by atoms with Gasteiger partial charge in [0.2, 0.25) is 5.91 Å². The molecule has 2 aromatic rings. The van der Waals surface area contributed by atoms with Crippen LogP contribution in [-0.2, 0) is 4.79 Å². The van der Waals surface area contributed by atoms with Crippen LogP contribution in [0.5, 0.6) is 0 Å². The van der Waals surface area contributed by atoms with Gasteiger partial charge in [0, 0.05) is 31.2 Å². The van der Waals surface area contributed by atoms with Gasteiger partial charge in [-0.2, -0.15) is 5.26 Å². The zero-order valence-corrected chi connectivity index (χ0v) is 18.7. The Bertz CT molecular complexity index is 960. The minimum Gasteiger partial charge on any atom is -0.355 e. The maximum absolute atomic E-state index is 12.7. The molecule has 1 aromatic heterocycles. The summed E-state index contributed by atoms with van der Waals surface area (Å²) in [7, 11) is 2.16. The molecule has 0 saturated carbocycles. The quantitative estimate of drug-likeness (QED) is 0.807. The SMILES string of the molecule is CC1CC(c2ccc(C#N)c3ncccc23)CN(CC(=O)NCC2CCN(C)CC2)C1. The summed E-state index contributed by atoms with van der Waals surface area (Å²) < 4.78 is 0. The fourth-order valence-corrected chi connectivity index (χ4v) is 5.24. The normalized spacial score (nSPS) is 23.5. The zero-order chi connectivity index (χ0) is 21.8. The molecule has 0 radical (unpaired) electrons. The Hall–Kier alpha value is -2.49. The number of aromatic nitrogens is 1. The van der Waals surface area contributed by atoms with E-state index in [1.54, 1.807) is 6.20 Å². The molecule has 1 aromatic carbocycles. The Labute approximate surface area is 185 Å². The number of hydrogen-bond acceptors (Lipinski definition) is 5. The van der Waals surface area contributed by atoms with Crippen LogP contribution in [0.15, 0.2) is 30.5 Å². The van der Waals surface area contributed by atoms with Crippen LogP contribution in [0.2, 0.25) is 0 Å². The highest BCUT2D eigenvalue weighted by molar-refractivity contribution is 5.87. The van der Waals surface area contributed by atoms with Crippen LogP contribution in [0.25, 0.3) is 10.9 Å². The molecular weight excluding hydrogens is 386 g/mol. The van der Waals surface area contributed by atoms with Gasteiger partial charge in [0.05, 0.1) is 17.6 Å². The van der Waals surface area contributed by atoms with Gasteiger partial charge in [-0.3, -0.25) is 14.7 Å². The second-order valence-electron chi connectivity index (χ2n) is 9.50. The van der Waals surface area contributed by atoms with E-state index in [0.29, 0.717) is 29.9 Å². The third-order valence-electron chi connectivity index (χ3n) is 6.89. The molecule has 0 aliphatic carbocycles. The highest BCUT2D eigenvalue weighted by Gasteiger charge is 2.28. The first-order chi connectivity index (χ1) is 15.0. The Morgan fingerprint density at radius 2 is 2.06 bits per heavy atom. The van der Waals surface area contributed by atoms with E-state index in [4.69, 9.17) is 0 Å². The molecule has 0 bridgehead atoms. The second-order valence-corrected chi connectivity index (χ2v) is 9.50. The van der Waals surface area contributed by atoms with Gasteiger partial charge in [-0.25, -0.2) is 0 Å². The van der Waals surface area contributed by atoms with E-state index in [1.165, 1.54) is 18.4 Å². The summed E-state index contributed by atoms with van der Waals surface area (Å²) in [6.45, 7) is 7.58. The smallest absolute Gasteiger partial charge is 0.234 e. The van der Waals surface area contributed by atoms with Crippen molar-refractivity contribution < 1.29 is 4.79 Å². The Morgan fingerprint density at radius 1 is 1.26 bits per heavy atom. The standard InChI is InChI=1S/C25H33N5O/c1-18-12-21(22-6-5-20(13-26)25-23(22)4-3-9-27-25)16-30(15-18)17-24(31)28-14-19-7-10-29(2)11-8-19/h3-6,9,18-19,21H,7-8,10-12,14-17H2,1-2H3,(H,28,31). The molecule has 4 rings (SSSR count). The lowest BCUT2D eigenvalue weighted by Gasteiger charge is -2.37. The number of pyridine rings is 1. The first kappa shape index (κ1) is 21.7. The molecule has 1 amide bonds. The van der Waals surface area contributed by atoms with Gasteiger partial charge < -0.3 is 10.2 Å². The van der Waals surface area contributed by atoms with Gasteiger partial charge in [0.25, 0.3) is 0 Å². The summed E-state index contributed by atoms with van der Waals surface area (Å²) in [4.78, 5) is 21.8. The van der Waals surface area contributed by atoms with Crippen molar-refractivity contribution in [2.45, 2.75) is 32.1 Å². The van der Waals surface area contributed by atoms with E-state index in [2.05, 4.69) is 52.3 Å². The first-order valence-electron chi connectivity index (χ1n) is 11.5. The van der Waals surface area contributed by atoms with Gasteiger partial charge in [0.15, 0.2) is 0 Å². The number of amides is 1. The fourth-order valence-electron chi connectivity index (χ4n) is 5.24. The summed E-state index contributed by atoms with van der Waals surface area (Å²) in [6.07, 6.45) is 5.17. The van der Waals surface area contributed by atoms with Crippen LogP contribution < -0.4 is 5.32 Å². The maximum Gasteiger partial charge on any atom is 0.234 e. The minimum absolute atomic E-state index is 0.137. The third kappa shape index (κ3) is 5.23. The molecule has 2 atom stereocenters. The van der Waals surface area contributed by atoms with Crippen molar-refractivity contribution in [3.05, 3.63) is 41.6 Å². The molecule has 0 spiro atoms. The van der Waals surface area contributed by atoms with E-state index in [-0.39, 0.29) is 5.91 Å². The Morgan fingerprint density at radius 3 is 2.84 bits per heavy atom. The molecule has 1 N–H and O–H groups in total. The average molecular weight is 420 g/mol. The summed E-state index contributed by atoms with van der Waals surface area (Å²) in [5.41, 5.74) is 2.64. The molecule has 2 aliphatic rings. The van der Waals surface area contributed by atoms with Gasteiger partial charge in [0.1, 0.15) is 6.07 Å². The molecular formula is C25H33N5O. The summed E-state index contributed by atoms with van der Waals surface area (Å²) >= 11 is 0. The number of carbonyl (C=O) groups is 1. The van der Waals surface area contributed by atoms with Gasteiger partial charge in [-0.05, 0) is 74.8 Å². The van der Waals surface area contributed by atoms with Crippen molar-refractivity contribution in [2.24, 2.45) is 11.8 Å². The van der Waals surface area contributed by atoms with Crippen molar-refractivity contribution in [3.8, 4) is 6.07 Å². The number of piperidine rings is 2. The van der Waals surface area contributed by atoms with Crippen LogP contribution in [0, 0.1) is 23.2 Å². The molecule has 164 valence electrons. The summed E-state index contributed by atoms with van der Waals surface area (Å²) in [6, 6.07) is 10.2. The topological polar surface area (TPSA) is 72.3 Å². The minimum atomic E-state index is 0.137. The number of benzene rings is 1. The van der Waals surface area contributed by atoms with E-state index in [0.717, 1.165) is 50.0 Å². The molecule has 3 heterocycles. The zero-order valence-electron chi connectivity index (χ0n) is 18.7. The van der Waals surface area contributed by atoms with Crippen molar-refractivity contribution in [1.29, 1.82) is 5.26 Å². The highest BCUT2D eigenvalue weighted by atomic mass is 16.2. The number of rotatable bonds is 5. The number of fused-ring (bicyclic) bond motifs is 1. The number of nitriles is 1. The monoisotopic (exact) mass is 419 g/mol. The molecule has 6 nitrogen and oxygen atoms in total. The van der Waals surface area contributed by atoms with Crippen LogP contribution in [-0.4, -0.2) is 67.0 Å². The molecule has 31 heavy (non-hydrogen) atoms. The first-order valence-corrected chi connectivity index (χ1v) is 11.5. The van der Waals surface area contributed by atoms with Crippen LogP contribution in [0.3, 0.4) is 0 Å². The number of nitrogens with zero attached hydrogens (tertiary/aromatic N) is 4. The van der Waals surface area contributed by atoms with Crippen molar-refractivity contribution in [2.75, 3.05) is 46.3 Å². The number of nitrogens with one attached hydrogen (secondary N) is 1. The maximum atomic E-state index is 12.7. The average Bonchev–Trinajstić information content (AvgIpc) is 2.77. The van der Waals surface area contributed by atoms with Crippen LogP contribution in [0.1, 0.15) is 43.2 Å². The number of carbonyl (C=O) groups excluding carboxylic acids is 1. The second kappa shape index (κ2) is 9.76. The molecule has 2 aliphatic heterocycles. The lowest BCUT2D eigenvalue weighted by Crippen LogP contribution is -2.45. The Kier molecular flexibility index (Phi) is 6.84. The van der Waals surface area contributed by atoms with Crippen molar-refractivity contribution >= 4 is 16.8 Å². The van der Waals surface area contributed by atoms with Crippen LogP contribution in [0.4, 0.5) is 0 Å². The number of hydrogen-bond donors (Lipinski definition) is 1. The molecule has 2 fully saturated rings. The van der Waals surface area contributed by atoms with Gasteiger partial charge in [-0.1, -0.05) is 19.1 Å². The predicted octanol–water partition coefficient (Wildman–Crippen LogP) is 2.99. The van der Waals surface area contributed by atoms with E-state index < -0.39 is 0 Å². The lowest BCUT2D eigenvalue weighted by molar-refractivity contribution is -0.123. The highest BCUT2D eigenvalue weighted by Crippen LogP contribution is 2.34. The molecule has 6 heteroatoms. The lowest BCUT2D eigenvalue weighted by atomic mass is 9.83. The fraction of sp³-hybridized carbons (Fsp3) is 0.560. The van der Waals surface area contributed by atoms with Crippen molar-refractivity contribution in [3.63, 3.8) is 0 Å². The third-order valence-corrected chi connectivity index (χ3v) is 6.89. The molecule has 2 saturated heterocycles. The van der Waals surface area contributed by atoms with Gasteiger partial charge in [-0.15, -0.1) is 0 Å². The van der Waals surface area contributed by atoms with Gasteiger partial charge >= 0.3 is 0 Å². The molecule has 2 unspecified atom stereocenters. The summed E-state index contributed by atoms with van der Waals surface area (Å²) in [5.74, 6) is 1.59. The number of likely N-dealkylation sites (tertiary alicyclic amines) is 2. The van der Waals surface area contributed by atoms with Crippen molar-refractivity contribution in [1.82, 2.24) is 20.1 Å². The van der Waals surface area contributed by atoms with E-state index in [9.17, 15) is 10.1 Å². The van der Waals surface area contributed by atoms with E-state index in [1.807, 2.05) is 12.1 Å². The summed E-state index contributed by atoms with van der Waals surface area (Å²) in [5, 5.41) is 13.7.